The number of aliphatic hydroxyl groups excluding tert-OH is 1. The molecular formula is C16H26N2O3. The number of carbonyl (C=O) groups is 1. The molecular weight excluding hydrogens is 268 g/mol. The van der Waals surface area contributed by atoms with Crippen LogP contribution in [0.4, 0.5) is 4.79 Å². The first-order valence-electron chi connectivity index (χ1n) is 7.43. The first-order valence-corrected chi connectivity index (χ1v) is 7.43. The molecule has 0 aliphatic carbocycles. The van der Waals surface area contributed by atoms with E-state index in [1.54, 1.807) is 23.1 Å². The van der Waals surface area contributed by atoms with Crippen molar-refractivity contribution in [3.8, 4) is 5.75 Å². The summed E-state index contributed by atoms with van der Waals surface area (Å²) in [5, 5.41) is 22.5. The molecule has 0 bridgehead atoms. The number of phenolic OH excluding ortho intramolecular Hbond substituents is 1. The number of rotatable bonds is 7. The third-order valence-electron chi connectivity index (χ3n) is 3.32. The lowest BCUT2D eigenvalue weighted by Gasteiger charge is -2.24. The molecule has 2 amide bonds. The van der Waals surface area contributed by atoms with E-state index in [1.165, 1.54) is 6.07 Å². The predicted molar refractivity (Wildman–Crippen MR) is 83.2 cm³/mol. The highest BCUT2D eigenvalue weighted by Gasteiger charge is 2.17. The van der Waals surface area contributed by atoms with Crippen LogP contribution in [0.15, 0.2) is 24.3 Å². The van der Waals surface area contributed by atoms with E-state index in [-0.39, 0.29) is 18.3 Å². The largest absolute Gasteiger partial charge is 0.508 e. The second-order valence-electron chi connectivity index (χ2n) is 5.56. The van der Waals surface area contributed by atoms with Gasteiger partial charge in [-0.3, -0.25) is 0 Å². The molecule has 0 saturated heterocycles. The molecule has 1 unspecified atom stereocenters. The number of aliphatic hydroxyl groups is 1. The number of urea groups is 1. The molecule has 1 rings (SSSR count). The fraction of sp³-hybridized carbons (Fsp3) is 0.562. The second kappa shape index (κ2) is 8.52. The summed E-state index contributed by atoms with van der Waals surface area (Å²) in [6.45, 7) is 7.44. The van der Waals surface area contributed by atoms with E-state index in [2.05, 4.69) is 19.2 Å². The van der Waals surface area contributed by atoms with E-state index in [0.29, 0.717) is 24.6 Å². The zero-order valence-electron chi connectivity index (χ0n) is 13.0. The van der Waals surface area contributed by atoms with Crippen molar-refractivity contribution in [2.24, 2.45) is 5.92 Å². The Labute approximate surface area is 126 Å². The van der Waals surface area contributed by atoms with Crippen LogP contribution in [0.25, 0.3) is 0 Å². The van der Waals surface area contributed by atoms with Crippen LogP contribution in [0.1, 0.15) is 38.9 Å². The van der Waals surface area contributed by atoms with Crippen LogP contribution in [0.2, 0.25) is 0 Å². The van der Waals surface area contributed by atoms with Gasteiger partial charge in [-0.15, -0.1) is 0 Å². The van der Waals surface area contributed by atoms with Gasteiger partial charge in [-0.05, 0) is 37.0 Å². The Morgan fingerprint density at radius 3 is 2.67 bits per heavy atom. The number of likely N-dealkylation sites (N-methyl/N-ethyl adjacent to an activating group) is 1. The molecule has 0 heterocycles. The highest BCUT2D eigenvalue weighted by molar-refractivity contribution is 5.74. The first-order chi connectivity index (χ1) is 9.93. The van der Waals surface area contributed by atoms with Gasteiger partial charge in [0.05, 0.1) is 12.6 Å². The molecule has 0 fully saturated rings. The number of carbonyl (C=O) groups excluding carboxylic acids is 1. The monoisotopic (exact) mass is 294 g/mol. The van der Waals surface area contributed by atoms with Gasteiger partial charge in [0.2, 0.25) is 0 Å². The first kappa shape index (κ1) is 17.3. The number of hydrogen-bond donors (Lipinski definition) is 3. The van der Waals surface area contributed by atoms with Crippen molar-refractivity contribution >= 4 is 6.03 Å². The van der Waals surface area contributed by atoms with Gasteiger partial charge in [-0.1, -0.05) is 26.0 Å². The Hall–Kier alpha value is -1.75. The Kier molecular flexibility index (Phi) is 7.02. The van der Waals surface area contributed by atoms with Crippen LogP contribution in [-0.4, -0.2) is 40.8 Å². The molecule has 0 aromatic heterocycles. The van der Waals surface area contributed by atoms with Gasteiger partial charge in [0, 0.05) is 13.1 Å². The zero-order chi connectivity index (χ0) is 15.8. The van der Waals surface area contributed by atoms with Gasteiger partial charge in [0.25, 0.3) is 0 Å². The van der Waals surface area contributed by atoms with E-state index in [9.17, 15) is 15.0 Å². The maximum atomic E-state index is 12.0. The lowest BCUT2D eigenvalue weighted by atomic mass is 10.1. The molecule has 0 aliphatic heterocycles. The number of amides is 2. The number of phenols is 1. The topological polar surface area (TPSA) is 72.8 Å². The van der Waals surface area contributed by atoms with E-state index < -0.39 is 6.10 Å². The molecule has 0 aliphatic rings. The van der Waals surface area contributed by atoms with Crippen molar-refractivity contribution in [1.29, 1.82) is 0 Å². The summed E-state index contributed by atoms with van der Waals surface area (Å²) in [6.07, 6.45) is 0.117. The number of benzene rings is 1. The van der Waals surface area contributed by atoms with Crippen molar-refractivity contribution < 1.29 is 15.0 Å². The molecule has 0 radical (unpaired) electrons. The third kappa shape index (κ3) is 6.04. The molecule has 3 N–H and O–H groups in total. The summed E-state index contributed by atoms with van der Waals surface area (Å²) >= 11 is 0. The summed E-state index contributed by atoms with van der Waals surface area (Å²) in [7, 11) is 0. The van der Waals surface area contributed by atoms with Crippen LogP contribution in [-0.2, 0) is 0 Å². The molecule has 21 heavy (non-hydrogen) atoms. The minimum Gasteiger partial charge on any atom is -0.508 e. The van der Waals surface area contributed by atoms with Crippen molar-refractivity contribution in [3.05, 3.63) is 29.8 Å². The molecule has 5 heteroatoms. The van der Waals surface area contributed by atoms with Crippen LogP contribution in [0.3, 0.4) is 0 Å². The quantitative estimate of drug-likeness (QED) is 0.723. The molecule has 5 nitrogen and oxygen atoms in total. The van der Waals surface area contributed by atoms with Crippen molar-refractivity contribution in [1.82, 2.24) is 10.2 Å². The van der Waals surface area contributed by atoms with Gasteiger partial charge < -0.3 is 20.4 Å². The van der Waals surface area contributed by atoms with Gasteiger partial charge in [-0.25, -0.2) is 4.79 Å². The van der Waals surface area contributed by atoms with Crippen LogP contribution in [0, 0.1) is 5.92 Å². The molecule has 1 aromatic carbocycles. The van der Waals surface area contributed by atoms with E-state index in [4.69, 9.17) is 0 Å². The molecule has 0 spiro atoms. The lowest BCUT2D eigenvalue weighted by Crippen LogP contribution is -2.42. The van der Waals surface area contributed by atoms with Crippen LogP contribution in [0.5, 0.6) is 5.75 Å². The van der Waals surface area contributed by atoms with Crippen LogP contribution < -0.4 is 5.32 Å². The third-order valence-corrected chi connectivity index (χ3v) is 3.32. The average Bonchev–Trinajstić information content (AvgIpc) is 2.43. The highest BCUT2D eigenvalue weighted by atomic mass is 16.3. The Morgan fingerprint density at radius 1 is 1.38 bits per heavy atom. The Morgan fingerprint density at radius 2 is 2.10 bits per heavy atom. The summed E-state index contributed by atoms with van der Waals surface area (Å²) in [5.74, 6) is 0.647. The normalized spacial score (nSPS) is 12.2. The Balaban J connectivity index is 2.54. The number of nitrogens with one attached hydrogen (secondary N) is 1. The van der Waals surface area contributed by atoms with Crippen molar-refractivity contribution in [2.75, 3.05) is 19.6 Å². The smallest absolute Gasteiger partial charge is 0.317 e. The van der Waals surface area contributed by atoms with Crippen molar-refractivity contribution in [3.63, 3.8) is 0 Å². The van der Waals surface area contributed by atoms with E-state index in [1.807, 2.05) is 6.92 Å². The molecule has 118 valence electrons. The molecule has 1 atom stereocenters. The SMILES string of the molecule is CCN(CC(O)c1cccc(O)c1)C(=O)NCCC(C)C. The van der Waals surface area contributed by atoms with E-state index >= 15 is 0 Å². The summed E-state index contributed by atoms with van der Waals surface area (Å²) in [4.78, 5) is 13.6. The lowest BCUT2D eigenvalue weighted by molar-refractivity contribution is 0.123. The van der Waals surface area contributed by atoms with Crippen molar-refractivity contribution in [2.45, 2.75) is 33.3 Å². The highest BCUT2D eigenvalue weighted by Crippen LogP contribution is 2.19. The maximum absolute atomic E-state index is 12.0. The van der Waals surface area contributed by atoms with E-state index in [0.717, 1.165) is 6.42 Å². The number of aromatic hydroxyl groups is 1. The second-order valence-corrected chi connectivity index (χ2v) is 5.56. The summed E-state index contributed by atoms with van der Waals surface area (Å²) in [6, 6.07) is 6.29. The van der Waals surface area contributed by atoms with Gasteiger partial charge in [-0.2, -0.15) is 0 Å². The Bertz CT molecular complexity index is 449. The maximum Gasteiger partial charge on any atom is 0.317 e. The minimum absolute atomic E-state index is 0.107. The average molecular weight is 294 g/mol. The zero-order valence-corrected chi connectivity index (χ0v) is 13.0. The standard InChI is InChI=1S/C16H26N2O3/c1-4-18(16(21)17-9-8-12(2)3)11-15(20)13-6-5-7-14(19)10-13/h5-7,10,12,15,19-20H,4,8-9,11H2,1-3H3,(H,17,21). The predicted octanol–water partition coefficient (Wildman–Crippen LogP) is 2.50. The fourth-order valence-corrected chi connectivity index (χ4v) is 1.98. The van der Waals surface area contributed by atoms with Gasteiger partial charge in [0.15, 0.2) is 0 Å². The molecule has 0 saturated carbocycles. The van der Waals surface area contributed by atoms with Gasteiger partial charge in [0.1, 0.15) is 5.75 Å². The fourth-order valence-electron chi connectivity index (χ4n) is 1.98. The summed E-state index contributed by atoms with van der Waals surface area (Å²) < 4.78 is 0. The minimum atomic E-state index is -0.812. The molecule has 1 aromatic rings. The van der Waals surface area contributed by atoms with Gasteiger partial charge >= 0.3 is 6.03 Å². The van der Waals surface area contributed by atoms with Crippen LogP contribution >= 0.6 is 0 Å². The number of hydrogen-bond acceptors (Lipinski definition) is 3. The number of nitrogens with zero attached hydrogens (tertiary/aromatic N) is 1. The summed E-state index contributed by atoms with van der Waals surface area (Å²) in [5.41, 5.74) is 0.600.